The third kappa shape index (κ3) is 3.88. The number of nitrogens with one attached hydrogen (secondary N) is 1. The summed E-state index contributed by atoms with van der Waals surface area (Å²) in [5, 5.41) is 3.14. The number of hydrogen-bond donors (Lipinski definition) is 1. The van der Waals surface area contributed by atoms with Crippen LogP contribution in [0.25, 0.3) is 0 Å². The lowest BCUT2D eigenvalue weighted by atomic mass is 9.61. The van der Waals surface area contributed by atoms with E-state index in [1.807, 2.05) is 6.07 Å². The molecule has 2 aromatic rings. The molecule has 0 radical (unpaired) electrons. The van der Waals surface area contributed by atoms with E-state index in [9.17, 15) is 9.59 Å². The van der Waals surface area contributed by atoms with Crippen LogP contribution in [0, 0.1) is 19.3 Å². The van der Waals surface area contributed by atoms with Crippen molar-refractivity contribution in [2.24, 2.45) is 5.41 Å². The molecular formula is C29H36N2O2. The van der Waals surface area contributed by atoms with E-state index < -0.39 is 0 Å². The maximum atomic E-state index is 14.0. The van der Waals surface area contributed by atoms with Crippen LogP contribution in [0.5, 0.6) is 0 Å². The first-order valence-corrected chi connectivity index (χ1v) is 12.6. The number of aryl methyl sites for hydroxylation is 2. The van der Waals surface area contributed by atoms with E-state index in [0.717, 1.165) is 51.6 Å². The van der Waals surface area contributed by atoms with Gasteiger partial charge in [0.1, 0.15) is 0 Å². The van der Waals surface area contributed by atoms with Crippen molar-refractivity contribution >= 4 is 11.8 Å². The van der Waals surface area contributed by atoms with Crippen LogP contribution < -0.4 is 5.32 Å². The highest BCUT2D eigenvalue weighted by molar-refractivity contribution is 5.89. The van der Waals surface area contributed by atoms with E-state index in [-0.39, 0.29) is 16.7 Å². The van der Waals surface area contributed by atoms with Crippen LogP contribution in [0.2, 0.25) is 0 Å². The fourth-order valence-corrected chi connectivity index (χ4v) is 6.86. The Hall–Kier alpha value is -2.62. The lowest BCUT2D eigenvalue weighted by Gasteiger charge is -2.50. The van der Waals surface area contributed by atoms with Crippen molar-refractivity contribution in [3.63, 3.8) is 0 Å². The normalized spacial score (nSPS) is 24.0. The molecule has 33 heavy (non-hydrogen) atoms. The second-order valence-corrected chi connectivity index (χ2v) is 10.7. The molecule has 2 saturated heterocycles. The minimum Gasteiger partial charge on any atom is -0.355 e. The van der Waals surface area contributed by atoms with E-state index in [1.54, 1.807) is 0 Å². The maximum absolute atomic E-state index is 14.0. The van der Waals surface area contributed by atoms with Gasteiger partial charge in [0.05, 0.1) is 5.41 Å². The van der Waals surface area contributed by atoms with Crippen molar-refractivity contribution in [1.82, 2.24) is 10.2 Å². The van der Waals surface area contributed by atoms with Gasteiger partial charge in [0.25, 0.3) is 0 Å². The molecule has 1 spiro atoms. The van der Waals surface area contributed by atoms with Crippen molar-refractivity contribution in [3.8, 4) is 0 Å². The van der Waals surface area contributed by atoms with Crippen LogP contribution in [0.4, 0.5) is 0 Å². The Morgan fingerprint density at radius 3 is 2.36 bits per heavy atom. The minimum atomic E-state index is -0.359. The molecule has 2 aromatic carbocycles. The van der Waals surface area contributed by atoms with Crippen LogP contribution in [0.1, 0.15) is 73.1 Å². The van der Waals surface area contributed by atoms with Gasteiger partial charge in [-0.1, -0.05) is 66.9 Å². The highest BCUT2D eigenvalue weighted by atomic mass is 16.2. The first kappa shape index (κ1) is 22.2. The molecule has 1 saturated carbocycles. The third-order valence-corrected chi connectivity index (χ3v) is 8.80. The van der Waals surface area contributed by atoms with Crippen LogP contribution in [-0.2, 0) is 15.0 Å². The monoisotopic (exact) mass is 444 g/mol. The largest absolute Gasteiger partial charge is 0.355 e. The summed E-state index contributed by atoms with van der Waals surface area (Å²) < 4.78 is 0. The summed E-state index contributed by atoms with van der Waals surface area (Å²) >= 11 is 0. The van der Waals surface area contributed by atoms with Crippen molar-refractivity contribution in [2.45, 2.75) is 70.1 Å². The van der Waals surface area contributed by atoms with Crippen molar-refractivity contribution in [3.05, 3.63) is 70.8 Å². The molecule has 2 heterocycles. The quantitative estimate of drug-likeness (QED) is 0.722. The van der Waals surface area contributed by atoms with E-state index in [0.29, 0.717) is 24.8 Å². The summed E-state index contributed by atoms with van der Waals surface area (Å²) in [6, 6.07) is 17.1. The molecule has 0 bridgehead atoms. The lowest BCUT2D eigenvalue weighted by molar-refractivity contribution is -0.141. The number of carbonyl (C=O) groups excluding carboxylic acids is 2. The summed E-state index contributed by atoms with van der Waals surface area (Å²) in [5.74, 6) is 0.777. The Labute approximate surface area is 197 Å². The fraction of sp³-hybridized carbons (Fsp3) is 0.517. The van der Waals surface area contributed by atoms with Crippen molar-refractivity contribution in [1.29, 1.82) is 0 Å². The molecule has 0 unspecified atom stereocenters. The summed E-state index contributed by atoms with van der Waals surface area (Å²) in [6.07, 6.45) is 6.50. The SMILES string of the molecule is Cc1ccc(C)c([C@@H]2CNC(=O)CC23CCN(C(=O)C2(c4ccccc4)CCCC2)CC3)c1. The molecule has 3 fully saturated rings. The van der Waals surface area contributed by atoms with Gasteiger partial charge in [0, 0.05) is 32.0 Å². The average molecular weight is 445 g/mol. The Morgan fingerprint density at radius 1 is 0.970 bits per heavy atom. The average Bonchev–Trinajstić information content (AvgIpc) is 3.33. The summed E-state index contributed by atoms with van der Waals surface area (Å²) in [6.45, 7) is 6.53. The molecule has 5 rings (SSSR count). The molecular weight excluding hydrogens is 408 g/mol. The Bertz CT molecular complexity index is 1030. The molecule has 2 aliphatic heterocycles. The lowest BCUT2D eigenvalue weighted by Crippen LogP contribution is -2.55. The number of nitrogens with zero attached hydrogens (tertiary/aromatic N) is 1. The summed E-state index contributed by atoms with van der Waals surface area (Å²) in [7, 11) is 0. The van der Waals surface area contributed by atoms with E-state index >= 15 is 0 Å². The predicted octanol–water partition coefficient (Wildman–Crippen LogP) is 5.03. The zero-order valence-corrected chi connectivity index (χ0v) is 20.0. The number of rotatable bonds is 3. The number of hydrogen-bond acceptors (Lipinski definition) is 2. The van der Waals surface area contributed by atoms with E-state index in [1.165, 1.54) is 22.3 Å². The van der Waals surface area contributed by atoms with Gasteiger partial charge in [-0.05, 0) is 61.6 Å². The molecule has 1 atom stereocenters. The number of amides is 2. The van der Waals surface area contributed by atoms with Crippen LogP contribution in [0.15, 0.2) is 48.5 Å². The van der Waals surface area contributed by atoms with Crippen LogP contribution in [-0.4, -0.2) is 36.3 Å². The standard InChI is InChI=1S/C29H36N2O2/c1-21-10-11-22(2)24(18-21)25-20-30-26(32)19-28(25)14-16-31(17-15-28)27(33)29(12-6-7-13-29)23-8-4-3-5-9-23/h3-5,8-11,18,25H,6-7,12-17,19-20H2,1-2H3,(H,30,32)/t25-/m0/s1. The van der Waals surface area contributed by atoms with Gasteiger partial charge in [-0.25, -0.2) is 0 Å². The Kier molecular flexibility index (Phi) is 5.80. The minimum absolute atomic E-state index is 0.0622. The van der Waals surface area contributed by atoms with Gasteiger partial charge in [0.15, 0.2) is 0 Å². The smallest absolute Gasteiger partial charge is 0.233 e. The number of benzene rings is 2. The number of carbonyl (C=O) groups is 2. The zero-order chi connectivity index (χ0) is 23.1. The first-order chi connectivity index (χ1) is 15.9. The second kappa shape index (κ2) is 8.62. The number of likely N-dealkylation sites (tertiary alicyclic amines) is 1. The number of piperidine rings is 2. The molecule has 4 nitrogen and oxygen atoms in total. The van der Waals surface area contributed by atoms with Gasteiger partial charge in [0.2, 0.25) is 11.8 Å². The Balaban J connectivity index is 1.40. The van der Waals surface area contributed by atoms with Gasteiger partial charge < -0.3 is 10.2 Å². The molecule has 2 amide bonds. The third-order valence-electron chi connectivity index (χ3n) is 8.80. The Morgan fingerprint density at radius 2 is 1.67 bits per heavy atom. The van der Waals surface area contributed by atoms with Crippen LogP contribution in [0.3, 0.4) is 0 Å². The van der Waals surface area contributed by atoms with E-state index in [4.69, 9.17) is 0 Å². The summed E-state index contributed by atoms with van der Waals surface area (Å²) in [5.41, 5.74) is 4.69. The van der Waals surface area contributed by atoms with Gasteiger partial charge in [-0.2, -0.15) is 0 Å². The molecule has 0 aromatic heterocycles. The fourth-order valence-electron chi connectivity index (χ4n) is 6.86. The molecule has 1 aliphatic carbocycles. The highest BCUT2D eigenvalue weighted by Gasteiger charge is 2.50. The van der Waals surface area contributed by atoms with Crippen molar-refractivity contribution in [2.75, 3.05) is 19.6 Å². The molecule has 4 heteroatoms. The predicted molar refractivity (Wildman–Crippen MR) is 131 cm³/mol. The molecule has 3 aliphatic rings. The van der Waals surface area contributed by atoms with E-state index in [2.05, 4.69) is 66.5 Å². The molecule has 174 valence electrons. The maximum Gasteiger partial charge on any atom is 0.233 e. The highest BCUT2D eigenvalue weighted by Crippen LogP contribution is 2.51. The zero-order valence-electron chi connectivity index (χ0n) is 20.0. The first-order valence-electron chi connectivity index (χ1n) is 12.6. The van der Waals surface area contributed by atoms with Gasteiger partial charge in [-0.15, -0.1) is 0 Å². The second-order valence-electron chi connectivity index (χ2n) is 10.7. The van der Waals surface area contributed by atoms with Gasteiger partial charge in [-0.3, -0.25) is 9.59 Å². The van der Waals surface area contributed by atoms with Crippen molar-refractivity contribution < 1.29 is 9.59 Å². The summed E-state index contributed by atoms with van der Waals surface area (Å²) in [4.78, 5) is 28.6. The topological polar surface area (TPSA) is 49.4 Å². The van der Waals surface area contributed by atoms with Crippen LogP contribution >= 0.6 is 0 Å². The van der Waals surface area contributed by atoms with Gasteiger partial charge >= 0.3 is 0 Å². The molecule has 1 N–H and O–H groups in total.